The summed E-state index contributed by atoms with van der Waals surface area (Å²) in [5, 5.41) is 0.701. The molecular formula is C22H28N2S. The van der Waals surface area contributed by atoms with E-state index < -0.39 is 0 Å². The van der Waals surface area contributed by atoms with Crippen LogP contribution in [0.2, 0.25) is 0 Å². The third-order valence-electron chi connectivity index (χ3n) is 4.52. The Kier molecular flexibility index (Phi) is 6.99. The van der Waals surface area contributed by atoms with Crippen LogP contribution in [0, 0.1) is 0 Å². The second kappa shape index (κ2) is 9.67. The number of anilines is 1. The van der Waals surface area contributed by atoms with Gasteiger partial charge >= 0.3 is 0 Å². The molecule has 0 unspecified atom stereocenters. The molecule has 1 fully saturated rings. The van der Waals surface area contributed by atoms with Gasteiger partial charge in [0.1, 0.15) is 5.84 Å². The Labute approximate surface area is 156 Å². The van der Waals surface area contributed by atoms with Crippen LogP contribution in [0.1, 0.15) is 51.9 Å². The lowest BCUT2D eigenvalue weighted by atomic mass is 10.0. The molecule has 25 heavy (non-hydrogen) atoms. The highest BCUT2D eigenvalue weighted by molar-refractivity contribution is 8.02. The van der Waals surface area contributed by atoms with Crippen LogP contribution in [-0.4, -0.2) is 11.1 Å². The van der Waals surface area contributed by atoms with Crippen LogP contribution < -0.4 is 4.31 Å². The molecule has 0 saturated heterocycles. The molecule has 1 aliphatic carbocycles. The van der Waals surface area contributed by atoms with Gasteiger partial charge in [0.25, 0.3) is 0 Å². The van der Waals surface area contributed by atoms with Gasteiger partial charge in [0.2, 0.25) is 0 Å². The van der Waals surface area contributed by atoms with Crippen molar-refractivity contribution in [3.63, 3.8) is 0 Å². The van der Waals surface area contributed by atoms with E-state index >= 15 is 0 Å². The first kappa shape index (κ1) is 18.1. The molecule has 1 saturated carbocycles. The van der Waals surface area contributed by atoms with E-state index in [4.69, 9.17) is 4.99 Å². The van der Waals surface area contributed by atoms with Gasteiger partial charge in [-0.2, -0.15) is 0 Å². The number of benzene rings is 2. The van der Waals surface area contributed by atoms with Crippen molar-refractivity contribution in [3.8, 4) is 0 Å². The van der Waals surface area contributed by atoms with Crippen molar-refractivity contribution in [1.82, 2.24) is 0 Å². The molecule has 3 heteroatoms. The standard InChI is InChI=1S/C22H28N2S/c1-2-12-22(23-19-13-6-3-7-14-19)24(20-15-8-4-9-16-20)25-21-17-10-5-11-18-21/h3-4,6-9,13-16,21H,2,5,10-12,17-18H2,1H3. The highest BCUT2D eigenvalue weighted by Gasteiger charge is 2.22. The van der Waals surface area contributed by atoms with Crippen molar-refractivity contribution >= 4 is 29.2 Å². The van der Waals surface area contributed by atoms with Gasteiger partial charge in [-0.25, -0.2) is 4.99 Å². The second-order valence-corrected chi connectivity index (χ2v) is 7.85. The molecule has 0 N–H and O–H groups in total. The van der Waals surface area contributed by atoms with E-state index in [1.54, 1.807) is 0 Å². The van der Waals surface area contributed by atoms with Crippen LogP contribution in [-0.2, 0) is 0 Å². The van der Waals surface area contributed by atoms with E-state index in [0.717, 1.165) is 24.4 Å². The van der Waals surface area contributed by atoms with Gasteiger partial charge in [-0.3, -0.25) is 4.31 Å². The van der Waals surface area contributed by atoms with Gasteiger partial charge in [-0.1, -0.05) is 62.6 Å². The monoisotopic (exact) mass is 352 g/mol. The molecule has 0 heterocycles. The normalized spacial score (nSPS) is 16.0. The Hall–Kier alpha value is -1.74. The minimum absolute atomic E-state index is 0.701. The number of hydrogen-bond acceptors (Lipinski definition) is 2. The fraction of sp³-hybridized carbons (Fsp3) is 0.409. The van der Waals surface area contributed by atoms with Gasteiger partial charge in [0.15, 0.2) is 0 Å². The lowest BCUT2D eigenvalue weighted by Crippen LogP contribution is -2.27. The van der Waals surface area contributed by atoms with E-state index in [-0.39, 0.29) is 0 Å². The molecule has 2 aromatic rings. The maximum atomic E-state index is 5.01. The number of amidine groups is 1. The Morgan fingerprint density at radius 1 is 0.960 bits per heavy atom. The largest absolute Gasteiger partial charge is 0.271 e. The van der Waals surface area contributed by atoms with Crippen molar-refractivity contribution in [2.45, 2.75) is 57.1 Å². The minimum Gasteiger partial charge on any atom is -0.271 e. The maximum absolute atomic E-state index is 5.01. The third kappa shape index (κ3) is 5.37. The Balaban J connectivity index is 1.90. The van der Waals surface area contributed by atoms with E-state index in [2.05, 4.69) is 65.8 Å². The zero-order valence-corrected chi connectivity index (χ0v) is 15.9. The molecule has 132 valence electrons. The molecule has 2 aromatic carbocycles. The number of hydrogen-bond donors (Lipinski definition) is 0. The average Bonchev–Trinajstić information content (AvgIpc) is 2.68. The molecule has 0 aromatic heterocycles. The Morgan fingerprint density at radius 2 is 1.60 bits per heavy atom. The van der Waals surface area contributed by atoms with E-state index in [0.29, 0.717) is 5.25 Å². The van der Waals surface area contributed by atoms with E-state index in [1.165, 1.54) is 37.8 Å². The highest BCUT2D eigenvalue weighted by atomic mass is 32.2. The van der Waals surface area contributed by atoms with Crippen molar-refractivity contribution in [2.75, 3.05) is 4.31 Å². The van der Waals surface area contributed by atoms with Crippen molar-refractivity contribution in [2.24, 2.45) is 4.99 Å². The van der Waals surface area contributed by atoms with Crippen LogP contribution >= 0.6 is 11.9 Å². The molecule has 0 amide bonds. The van der Waals surface area contributed by atoms with Gasteiger partial charge in [-0.15, -0.1) is 0 Å². The first-order valence-corrected chi connectivity index (χ1v) is 10.3. The molecule has 0 atom stereocenters. The topological polar surface area (TPSA) is 15.6 Å². The van der Waals surface area contributed by atoms with Gasteiger partial charge in [-0.05, 0) is 55.5 Å². The molecule has 1 aliphatic rings. The zero-order valence-electron chi connectivity index (χ0n) is 15.1. The fourth-order valence-corrected chi connectivity index (χ4v) is 4.57. The summed E-state index contributed by atoms with van der Waals surface area (Å²) < 4.78 is 2.40. The van der Waals surface area contributed by atoms with Crippen LogP contribution in [0.25, 0.3) is 0 Å². The van der Waals surface area contributed by atoms with E-state index in [9.17, 15) is 0 Å². The molecule has 0 spiro atoms. The molecule has 0 aliphatic heterocycles. The molecule has 0 bridgehead atoms. The summed E-state index contributed by atoms with van der Waals surface area (Å²) in [5.41, 5.74) is 2.28. The van der Waals surface area contributed by atoms with Crippen LogP contribution in [0.15, 0.2) is 65.7 Å². The molecule has 2 nitrogen and oxygen atoms in total. The molecule has 0 radical (unpaired) electrons. The summed E-state index contributed by atoms with van der Waals surface area (Å²) in [6.45, 7) is 2.23. The summed E-state index contributed by atoms with van der Waals surface area (Å²) >= 11 is 1.99. The number of rotatable bonds is 6. The van der Waals surface area contributed by atoms with Gasteiger partial charge < -0.3 is 0 Å². The third-order valence-corrected chi connectivity index (χ3v) is 5.92. The number of aliphatic imine (C=N–C) groups is 1. The minimum atomic E-state index is 0.701. The zero-order chi connectivity index (χ0) is 17.3. The van der Waals surface area contributed by atoms with Crippen molar-refractivity contribution < 1.29 is 0 Å². The Bertz CT molecular complexity index is 648. The summed E-state index contributed by atoms with van der Waals surface area (Å²) in [4.78, 5) is 5.01. The summed E-state index contributed by atoms with van der Waals surface area (Å²) in [6, 6.07) is 21.1. The summed E-state index contributed by atoms with van der Waals surface area (Å²) in [6.07, 6.45) is 8.84. The molecule has 3 rings (SSSR count). The number of para-hydroxylation sites is 2. The van der Waals surface area contributed by atoms with Crippen molar-refractivity contribution in [3.05, 3.63) is 60.7 Å². The highest BCUT2D eigenvalue weighted by Crippen LogP contribution is 2.35. The van der Waals surface area contributed by atoms with Crippen LogP contribution in [0.4, 0.5) is 11.4 Å². The quantitative estimate of drug-likeness (QED) is 0.316. The van der Waals surface area contributed by atoms with Crippen LogP contribution in [0.3, 0.4) is 0 Å². The SMILES string of the molecule is CCCC(=Nc1ccccc1)N(SC1CCCCC1)c1ccccc1. The average molecular weight is 353 g/mol. The summed E-state index contributed by atoms with van der Waals surface area (Å²) in [5.74, 6) is 1.16. The number of nitrogens with zero attached hydrogens (tertiary/aromatic N) is 2. The Morgan fingerprint density at radius 3 is 2.24 bits per heavy atom. The fourth-order valence-electron chi connectivity index (χ4n) is 3.23. The molecular weight excluding hydrogens is 324 g/mol. The van der Waals surface area contributed by atoms with Gasteiger partial charge in [0, 0.05) is 11.7 Å². The lowest BCUT2D eigenvalue weighted by Gasteiger charge is -2.31. The van der Waals surface area contributed by atoms with E-state index in [1.807, 2.05) is 18.0 Å². The first-order chi connectivity index (χ1) is 12.4. The van der Waals surface area contributed by atoms with Gasteiger partial charge in [0.05, 0.1) is 11.4 Å². The van der Waals surface area contributed by atoms with Crippen molar-refractivity contribution in [1.29, 1.82) is 0 Å². The maximum Gasteiger partial charge on any atom is 0.119 e. The predicted molar refractivity (Wildman–Crippen MR) is 112 cm³/mol. The first-order valence-electron chi connectivity index (χ1n) is 9.51. The second-order valence-electron chi connectivity index (χ2n) is 6.61. The lowest BCUT2D eigenvalue weighted by molar-refractivity contribution is 0.516. The van der Waals surface area contributed by atoms with Crippen LogP contribution in [0.5, 0.6) is 0 Å². The smallest absolute Gasteiger partial charge is 0.119 e. The summed E-state index contributed by atoms with van der Waals surface area (Å²) in [7, 11) is 0. The predicted octanol–water partition coefficient (Wildman–Crippen LogP) is 7.00.